The molecule has 0 bridgehead atoms. The van der Waals surface area contributed by atoms with Crippen LogP contribution in [0.2, 0.25) is 0 Å². The molecule has 0 radical (unpaired) electrons. The van der Waals surface area contributed by atoms with Gasteiger partial charge in [0.2, 0.25) is 5.91 Å². The van der Waals surface area contributed by atoms with Gasteiger partial charge in [-0.1, -0.05) is 19.1 Å². The molecule has 0 unspecified atom stereocenters. The Morgan fingerprint density at radius 3 is 2.42 bits per heavy atom. The molecule has 0 heterocycles. The lowest BCUT2D eigenvalue weighted by Crippen LogP contribution is -2.12. The minimum atomic E-state index is -3.24. The second-order valence-electron chi connectivity index (χ2n) is 5.00. The van der Waals surface area contributed by atoms with Crippen LogP contribution in [0.15, 0.2) is 58.3 Å². The summed E-state index contributed by atoms with van der Waals surface area (Å²) >= 11 is 1.28. The van der Waals surface area contributed by atoms with Crippen LogP contribution in [0.1, 0.15) is 13.3 Å². The number of benzene rings is 2. The van der Waals surface area contributed by atoms with Crippen LogP contribution in [-0.4, -0.2) is 25.8 Å². The minimum absolute atomic E-state index is 0.0337. The molecule has 2 rings (SSSR count). The molecule has 0 saturated heterocycles. The number of thioether (sulfide) groups is 1. The quantitative estimate of drug-likeness (QED) is 0.757. The lowest BCUT2D eigenvalue weighted by Gasteiger charge is -2.07. The van der Waals surface area contributed by atoms with Crippen molar-refractivity contribution in [3.8, 4) is 0 Å². The Morgan fingerprint density at radius 2 is 1.79 bits per heavy atom. The molecule has 4 nitrogen and oxygen atoms in total. The molecular formula is C17H18FNO3S2. The first-order valence-corrected chi connectivity index (χ1v) is 10.1. The van der Waals surface area contributed by atoms with Crippen molar-refractivity contribution in [1.82, 2.24) is 0 Å². The molecule has 0 atom stereocenters. The van der Waals surface area contributed by atoms with E-state index in [4.69, 9.17) is 0 Å². The van der Waals surface area contributed by atoms with Gasteiger partial charge in [0.1, 0.15) is 5.82 Å². The number of halogens is 1. The highest BCUT2D eigenvalue weighted by Gasteiger charge is 2.11. The number of hydrogen-bond donors (Lipinski definition) is 1. The van der Waals surface area contributed by atoms with E-state index in [-0.39, 0.29) is 28.8 Å². The summed E-state index contributed by atoms with van der Waals surface area (Å²) in [4.78, 5) is 12.6. The Kier molecular flexibility index (Phi) is 6.39. The molecule has 0 aliphatic heterocycles. The minimum Gasteiger partial charge on any atom is -0.326 e. The average Bonchev–Trinajstić information content (AvgIpc) is 2.57. The van der Waals surface area contributed by atoms with Gasteiger partial charge < -0.3 is 5.32 Å². The Morgan fingerprint density at radius 1 is 1.12 bits per heavy atom. The highest BCUT2D eigenvalue weighted by atomic mass is 32.2. The second-order valence-corrected chi connectivity index (χ2v) is 8.42. The first-order chi connectivity index (χ1) is 11.4. The van der Waals surface area contributed by atoms with Crippen LogP contribution in [0.5, 0.6) is 0 Å². The normalized spacial score (nSPS) is 11.2. The fourth-order valence-corrected chi connectivity index (χ4v) is 3.72. The van der Waals surface area contributed by atoms with Gasteiger partial charge in [0.05, 0.1) is 10.6 Å². The van der Waals surface area contributed by atoms with Crippen LogP contribution in [0.3, 0.4) is 0 Å². The molecule has 1 amide bonds. The van der Waals surface area contributed by atoms with Gasteiger partial charge in [-0.3, -0.25) is 4.79 Å². The van der Waals surface area contributed by atoms with Crippen molar-refractivity contribution in [2.75, 3.05) is 16.8 Å². The Bertz CT molecular complexity index is 805. The number of carbonyl (C=O) groups is 1. The molecular weight excluding hydrogens is 349 g/mol. The number of amides is 1. The lowest BCUT2D eigenvalue weighted by atomic mass is 10.3. The van der Waals surface area contributed by atoms with E-state index < -0.39 is 9.84 Å². The SMILES string of the molecule is CCS(=O)(=O)c1ccc(NC(=O)CCSc2ccccc2F)cc1. The summed E-state index contributed by atoms with van der Waals surface area (Å²) in [6.07, 6.45) is 0.230. The van der Waals surface area contributed by atoms with E-state index in [1.165, 1.54) is 30.0 Å². The zero-order valence-corrected chi connectivity index (χ0v) is 14.8. The molecule has 7 heteroatoms. The van der Waals surface area contributed by atoms with E-state index in [1.54, 1.807) is 37.3 Å². The Balaban J connectivity index is 1.85. The summed E-state index contributed by atoms with van der Waals surface area (Å²) in [6.45, 7) is 1.58. The summed E-state index contributed by atoms with van der Waals surface area (Å²) < 4.78 is 36.9. The van der Waals surface area contributed by atoms with Gasteiger partial charge in [-0.2, -0.15) is 0 Å². The van der Waals surface area contributed by atoms with Crippen molar-refractivity contribution in [2.24, 2.45) is 0 Å². The second kappa shape index (κ2) is 8.30. The van der Waals surface area contributed by atoms with E-state index in [1.807, 2.05) is 0 Å². The number of sulfone groups is 1. The standard InChI is InChI=1S/C17H18FNO3S2/c1-2-24(21,22)14-9-7-13(8-10-14)19-17(20)11-12-23-16-6-4-3-5-15(16)18/h3-10H,2,11-12H2,1H3,(H,19,20). The fraction of sp³-hybridized carbons (Fsp3) is 0.235. The lowest BCUT2D eigenvalue weighted by molar-refractivity contribution is -0.115. The average molecular weight is 367 g/mol. The van der Waals surface area contributed by atoms with E-state index in [2.05, 4.69) is 5.32 Å². The summed E-state index contributed by atoms with van der Waals surface area (Å²) in [6, 6.07) is 12.5. The van der Waals surface area contributed by atoms with Crippen LogP contribution in [0, 0.1) is 5.82 Å². The maximum atomic E-state index is 13.5. The zero-order chi connectivity index (χ0) is 17.6. The van der Waals surface area contributed by atoms with Gasteiger partial charge in [0.25, 0.3) is 0 Å². The number of hydrogen-bond acceptors (Lipinski definition) is 4. The number of carbonyl (C=O) groups excluding carboxylic acids is 1. The van der Waals surface area contributed by atoms with Gasteiger partial charge in [0, 0.05) is 22.8 Å². The predicted octanol–water partition coefficient (Wildman–Crippen LogP) is 3.74. The Hall–Kier alpha value is -1.86. The van der Waals surface area contributed by atoms with E-state index in [9.17, 15) is 17.6 Å². The summed E-state index contributed by atoms with van der Waals surface area (Å²) in [5.74, 6) is -0.0123. The van der Waals surface area contributed by atoms with Crippen molar-refractivity contribution in [1.29, 1.82) is 0 Å². The van der Waals surface area contributed by atoms with Crippen LogP contribution in [0.25, 0.3) is 0 Å². The molecule has 0 aromatic heterocycles. The molecule has 128 valence electrons. The molecule has 0 fully saturated rings. The van der Waals surface area contributed by atoms with Gasteiger partial charge >= 0.3 is 0 Å². The maximum absolute atomic E-state index is 13.5. The molecule has 0 spiro atoms. The van der Waals surface area contributed by atoms with Crippen molar-refractivity contribution in [2.45, 2.75) is 23.1 Å². The van der Waals surface area contributed by atoms with Crippen molar-refractivity contribution < 1.29 is 17.6 Å². The molecule has 0 aliphatic rings. The predicted molar refractivity (Wildman–Crippen MR) is 94.5 cm³/mol. The maximum Gasteiger partial charge on any atom is 0.225 e. The third kappa shape index (κ3) is 5.07. The Labute approximate surface area is 145 Å². The summed E-state index contributed by atoms with van der Waals surface area (Å²) in [7, 11) is -3.24. The van der Waals surface area contributed by atoms with Crippen LogP contribution < -0.4 is 5.32 Å². The molecule has 2 aromatic rings. The van der Waals surface area contributed by atoms with Gasteiger partial charge in [-0.05, 0) is 36.4 Å². The summed E-state index contributed by atoms with van der Waals surface area (Å²) in [5, 5.41) is 2.70. The largest absolute Gasteiger partial charge is 0.326 e. The third-order valence-electron chi connectivity index (χ3n) is 3.30. The number of nitrogens with one attached hydrogen (secondary N) is 1. The molecule has 24 heavy (non-hydrogen) atoms. The highest BCUT2D eigenvalue weighted by molar-refractivity contribution is 7.99. The smallest absolute Gasteiger partial charge is 0.225 e. The van der Waals surface area contributed by atoms with Crippen LogP contribution in [0.4, 0.5) is 10.1 Å². The monoisotopic (exact) mass is 367 g/mol. The van der Waals surface area contributed by atoms with E-state index in [0.29, 0.717) is 16.3 Å². The zero-order valence-electron chi connectivity index (χ0n) is 13.2. The first kappa shape index (κ1) is 18.5. The van der Waals surface area contributed by atoms with Gasteiger partial charge in [-0.15, -0.1) is 11.8 Å². The van der Waals surface area contributed by atoms with Crippen molar-refractivity contribution in [3.05, 3.63) is 54.3 Å². The first-order valence-electron chi connectivity index (χ1n) is 7.42. The van der Waals surface area contributed by atoms with Crippen LogP contribution >= 0.6 is 11.8 Å². The topological polar surface area (TPSA) is 63.2 Å². The van der Waals surface area contributed by atoms with E-state index in [0.717, 1.165) is 0 Å². The molecule has 1 N–H and O–H groups in total. The van der Waals surface area contributed by atoms with Crippen molar-refractivity contribution in [3.63, 3.8) is 0 Å². The fourth-order valence-electron chi connectivity index (χ4n) is 1.95. The number of anilines is 1. The van der Waals surface area contributed by atoms with Crippen LogP contribution in [-0.2, 0) is 14.6 Å². The summed E-state index contributed by atoms with van der Waals surface area (Å²) in [5.41, 5.74) is 0.533. The molecule has 2 aromatic carbocycles. The van der Waals surface area contributed by atoms with Gasteiger partial charge in [-0.25, -0.2) is 12.8 Å². The van der Waals surface area contributed by atoms with Gasteiger partial charge in [0.15, 0.2) is 9.84 Å². The third-order valence-corrected chi connectivity index (χ3v) is 6.10. The van der Waals surface area contributed by atoms with E-state index >= 15 is 0 Å². The van der Waals surface area contributed by atoms with Crippen molar-refractivity contribution >= 4 is 33.2 Å². The highest BCUT2D eigenvalue weighted by Crippen LogP contribution is 2.22. The molecule has 0 saturated carbocycles. The number of rotatable bonds is 7. The molecule has 0 aliphatic carbocycles.